The van der Waals surface area contributed by atoms with Crippen LogP contribution in [-0.4, -0.2) is 20.1 Å². The molecule has 6 nitrogen and oxygen atoms in total. The van der Waals surface area contributed by atoms with Crippen molar-refractivity contribution >= 4 is 11.6 Å². The van der Waals surface area contributed by atoms with Crippen molar-refractivity contribution in [3.8, 4) is 28.7 Å². The molecule has 0 saturated heterocycles. The summed E-state index contributed by atoms with van der Waals surface area (Å²) in [6.45, 7) is 0.240. The fraction of sp³-hybridized carbons (Fsp3) is 0.107. The van der Waals surface area contributed by atoms with E-state index < -0.39 is 0 Å². The molecule has 4 rings (SSSR count). The normalized spacial score (nSPS) is 10.3. The third-order valence-electron chi connectivity index (χ3n) is 5.10. The molecule has 6 heteroatoms. The molecule has 0 unspecified atom stereocenters. The van der Waals surface area contributed by atoms with Gasteiger partial charge in [-0.25, -0.2) is 0 Å². The van der Waals surface area contributed by atoms with Crippen LogP contribution in [0.2, 0.25) is 0 Å². The molecule has 0 fully saturated rings. The van der Waals surface area contributed by atoms with Crippen molar-refractivity contribution < 1.29 is 23.7 Å². The predicted molar refractivity (Wildman–Crippen MR) is 131 cm³/mol. The molecule has 4 aromatic rings. The summed E-state index contributed by atoms with van der Waals surface area (Å²) in [6, 6.07) is 29.3. The maximum Gasteiger partial charge on any atom is 0.255 e. The number of benzene rings is 4. The topological polar surface area (TPSA) is 66.0 Å². The first kappa shape index (κ1) is 22.7. The lowest BCUT2D eigenvalue weighted by Gasteiger charge is -2.14. The van der Waals surface area contributed by atoms with Crippen LogP contribution in [0.1, 0.15) is 15.9 Å². The standard InChI is InChI=1S/C28H25NO5/c1-31-22-13-15-23(16-14-22)33-19-21-18-20(12-17-26(21)32-2)28(30)29-25-10-6-7-11-27(25)34-24-8-4-3-5-9-24/h3-18H,19H2,1-2H3,(H,29,30). The molecule has 34 heavy (non-hydrogen) atoms. The molecule has 0 heterocycles. The lowest BCUT2D eigenvalue weighted by molar-refractivity contribution is 0.102. The molecule has 1 amide bonds. The highest BCUT2D eigenvalue weighted by Gasteiger charge is 2.14. The van der Waals surface area contributed by atoms with Gasteiger partial charge in [0, 0.05) is 11.1 Å². The summed E-state index contributed by atoms with van der Waals surface area (Å²) in [5.41, 5.74) is 1.80. The van der Waals surface area contributed by atoms with Crippen molar-refractivity contribution in [3.63, 3.8) is 0 Å². The maximum absolute atomic E-state index is 13.1. The van der Waals surface area contributed by atoms with E-state index in [0.717, 1.165) is 11.3 Å². The zero-order valence-electron chi connectivity index (χ0n) is 19.0. The summed E-state index contributed by atoms with van der Waals surface area (Å²) in [5, 5.41) is 2.94. The van der Waals surface area contributed by atoms with Gasteiger partial charge in [-0.3, -0.25) is 4.79 Å². The number of ether oxygens (including phenoxy) is 4. The van der Waals surface area contributed by atoms with E-state index in [-0.39, 0.29) is 12.5 Å². The number of hydrogen-bond donors (Lipinski definition) is 1. The van der Waals surface area contributed by atoms with Crippen LogP contribution in [0.25, 0.3) is 0 Å². The smallest absolute Gasteiger partial charge is 0.255 e. The average Bonchev–Trinajstić information content (AvgIpc) is 2.89. The average molecular weight is 456 g/mol. The van der Waals surface area contributed by atoms with E-state index in [4.69, 9.17) is 18.9 Å². The van der Waals surface area contributed by atoms with Gasteiger partial charge in [0.1, 0.15) is 29.6 Å². The van der Waals surface area contributed by atoms with Gasteiger partial charge in [-0.2, -0.15) is 0 Å². The van der Waals surface area contributed by atoms with Crippen LogP contribution in [0.4, 0.5) is 5.69 Å². The second-order valence-corrected chi connectivity index (χ2v) is 7.36. The summed E-state index contributed by atoms with van der Waals surface area (Å²) in [7, 11) is 3.20. The zero-order valence-corrected chi connectivity index (χ0v) is 19.0. The molecule has 0 aliphatic rings. The first-order valence-electron chi connectivity index (χ1n) is 10.7. The lowest BCUT2D eigenvalue weighted by atomic mass is 10.1. The van der Waals surface area contributed by atoms with Crippen molar-refractivity contribution in [2.45, 2.75) is 6.61 Å². The molecule has 0 spiro atoms. The Kier molecular flexibility index (Phi) is 7.30. The Labute approximate surface area is 198 Å². The molecule has 0 aromatic heterocycles. The molecule has 172 valence electrons. The highest BCUT2D eigenvalue weighted by molar-refractivity contribution is 6.05. The molecule has 0 aliphatic carbocycles. The molecule has 0 radical (unpaired) electrons. The fourth-order valence-electron chi connectivity index (χ4n) is 3.33. The minimum Gasteiger partial charge on any atom is -0.497 e. The Morgan fingerprint density at radius 3 is 2.15 bits per heavy atom. The first-order chi connectivity index (χ1) is 16.7. The maximum atomic E-state index is 13.1. The van der Waals surface area contributed by atoms with Crippen molar-refractivity contribution in [2.75, 3.05) is 19.5 Å². The van der Waals surface area contributed by atoms with Crippen LogP contribution in [0.3, 0.4) is 0 Å². The summed E-state index contributed by atoms with van der Waals surface area (Å²) < 4.78 is 22.5. The third kappa shape index (κ3) is 5.66. The number of rotatable bonds is 9. The van der Waals surface area contributed by atoms with E-state index in [1.54, 1.807) is 38.5 Å². The quantitative estimate of drug-likeness (QED) is 0.320. The number of nitrogens with one attached hydrogen (secondary N) is 1. The van der Waals surface area contributed by atoms with Crippen LogP contribution in [-0.2, 0) is 6.61 Å². The second kappa shape index (κ2) is 10.9. The van der Waals surface area contributed by atoms with Crippen LogP contribution >= 0.6 is 0 Å². The number of hydrogen-bond acceptors (Lipinski definition) is 5. The van der Waals surface area contributed by atoms with Crippen LogP contribution < -0.4 is 24.3 Å². The highest BCUT2D eigenvalue weighted by Crippen LogP contribution is 2.30. The van der Waals surface area contributed by atoms with Gasteiger partial charge in [-0.15, -0.1) is 0 Å². The van der Waals surface area contributed by atoms with E-state index in [1.807, 2.05) is 72.8 Å². The zero-order chi connectivity index (χ0) is 23.8. The van der Waals surface area contributed by atoms with Gasteiger partial charge in [0.05, 0.1) is 19.9 Å². The van der Waals surface area contributed by atoms with Crippen molar-refractivity contribution in [2.24, 2.45) is 0 Å². The van der Waals surface area contributed by atoms with Crippen molar-refractivity contribution in [1.82, 2.24) is 0 Å². The number of carbonyl (C=O) groups excluding carboxylic acids is 1. The highest BCUT2D eigenvalue weighted by atomic mass is 16.5. The predicted octanol–water partition coefficient (Wildman–Crippen LogP) is 6.33. The summed E-state index contributed by atoms with van der Waals surface area (Å²) in [5.74, 6) is 3.05. The van der Waals surface area contributed by atoms with Crippen molar-refractivity contribution in [1.29, 1.82) is 0 Å². The molecule has 0 bridgehead atoms. The molecule has 0 saturated carbocycles. The number of amides is 1. The van der Waals surface area contributed by atoms with E-state index in [1.165, 1.54) is 0 Å². The van der Waals surface area contributed by atoms with Gasteiger partial charge in [-0.1, -0.05) is 30.3 Å². The van der Waals surface area contributed by atoms with Crippen molar-refractivity contribution in [3.05, 3.63) is 108 Å². The van der Waals surface area contributed by atoms with E-state index in [0.29, 0.717) is 34.2 Å². The Hall–Kier alpha value is -4.45. The Morgan fingerprint density at radius 1 is 0.706 bits per heavy atom. The summed E-state index contributed by atoms with van der Waals surface area (Å²) >= 11 is 0. The van der Waals surface area contributed by atoms with Crippen LogP contribution in [0.5, 0.6) is 28.7 Å². The van der Waals surface area contributed by atoms with E-state index in [2.05, 4.69) is 5.32 Å². The molecule has 0 atom stereocenters. The Bertz CT molecular complexity index is 1240. The first-order valence-corrected chi connectivity index (χ1v) is 10.7. The number of methoxy groups -OCH3 is 2. The third-order valence-corrected chi connectivity index (χ3v) is 5.10. The number of para-hydroxylation sites is 3. The Balaban J connectivity index is 1.49. The monoisotopic (exact) mass is 455 g/mol. The molecular formula is C28H25NO5. The number of carbonyl (C=O) groups is 1. The van der Waals surface area contributed by atoms with Gasteiger partial charge in [-0.05, 0) is 66.7 Å². The molecule has 0 aliphatic heterocycles. The van der Waals surface area contributed by atoms with Gasteiger partial charge in [0.15, 0.2) is 5.75 Å². The molecular weight excluding hydrogens is 430 g/mol. The summed E-state index contributed by atoms with van der Waals surface area (Å²) in [6.07, 6.45) is 0. The molecule has 1 N–H and O–H groups in total. The van der Waals surface area contributed by atoms with Crippen LogP contribution in [0.15, 0.2) is 97.1 Å². The SMILES string of the molecule is COc1ccc(OCc2cc(C(=O)Nc3ccccc3Oc3ccccc3)ccc2OC)cc1. The molecule has 4 aromatic carbocycles. The Morgan fingerprint density at radius 2 is 1.41 bits per heavy atom. The van der Waals surface area contributed by atoms with E-state index >= 15 is 0 Å². The second-order valence-electron chi connectivity index (χ2n) is 7.36. The number of anilines is 1. The van der Waals surface area contributed by atoms with Gasteiger partial charge >= 0.3 is 0 Å². The largest absolute Gasteiger partial charge is 0.497 e. The summed E-state index contributed by atoms with van der Waals surface area (Å²) in [4.78, 5) is 13.1. The van der Waals surface area contributed by atoms with Crippen LogP contribution in [0, 0.1) is 0 Å². The van der Waals surface area contributed by atoms with Gasteiger partial charge < -0.3 is 24.3 Å². The minimum atomic E-state index is -0.266. The lowest BCUT2D eigenvalue weighted by Crippen LogP contribution is -2.13. The van der Waals surface area contributed by atoms with Gasteiger partial charge in [0.2, 0.25) is 0 Å². The van der Waals surface area contributed by atoms with E-state index in [9.17, 15) is 4.79 Å². The van der Waals surface area contributed by atoms with Gasteiger partial charge in [0.25, 0.3) is 5.91 Å². The minimum absolute atomic E-state index is 0.240. The fourth-order valence-corrected chi connectivity index (χ4v) is 3.33.